The van der Waals surface area contributed by atoms with E-state index >= 15 is 0 Å². The number of rotatable bonds is 1. The lowest BCUT2D eigenvalue weighted by Crippen LogP contribution is -1.81. The van der Waals surface area contributed by atoms with Gasteiger partial charge in [0.15, 0.2) is 0 Å². The third-order valence-electron chi connectivity index (χ3n) is 2.58. The molecule has 4 heteroatoms. The van der Waals surface area contributed by atoms with Crippen LogP contribution in [0.15, 0.2) is 42.5 Å². The molecule has 0 saturated carbocycles. The summed E-state index contributed by atoms with van der Waals surface area (Å²) in [6.07, 6.45) is 0. The van der Waals surface area contributed by atoms with Crippen molar-refractivity contribution in [1.82, 2.24) is 9.97 Å². The molecule has 2 aromatic carbocycles. The molecular weight excluding hydrogens is 255 g/mol. The fourth-order valence-corrected chi connectivity index (χ4v) is 2.26. The Balaban J connectivity index is 2.20. The molecule has 0 fully saturated rings. The number of hydrogen-bond acceptors (Lipinski definition) is 1. The molecule has 0 aliphatic carbocycles. The summed E-state index contributed by atoms with van der Waals surface area (Å²) in [5.74, 6) is 0.757. The summed E-state index contributed by atoms with van der Waals surface area (Å²) >= 11 is 12.0. The van der Waals surface area contributed by atoms with Crippen molar-refractivity contribution in [3.8, 4) is 11.4 Å². The van der Waals surface area contributed by atoms with Crippen molar-refractivity contribution in [3.05, 3.63) is 52.5 Å². The van der Waals surface area contributed by atoms with Crippen molar-refractivity contribution >= 4 is 34.2 Å². The van der Waals surface area contributed by atoms with Crippen molar-refractivity contribution in [2.24, 2.45) is 0 Å². The van der Waals surface area contributed by atoms with Gasteiger partial charge in [0.25, 0.3) is 0 Å². The predicted octanol–water partition coefficient (Wildman–Crippen LogP) is 4.54. The van der Waals surface area contributed by atoms with E-state index in [2.05, 4.69) is 9.97 Å². The van der Waals surface area contributed by atoms with Gasteiger partial charge in [-0.25, -0.2) is 4.98 Å². The van der Waals surface area contributed by atoms with E-state index in [4.69, 9.17) is 23.2 Å². The summed E-state index contributed by atoms with van der Waals surface area (Å²) in [6, 6.07) is 13.2. The molecule has 3 rings (SSSR count). The van der Waals surface area contributed by atoms with Gasteiger partial charge in [0.05, 0.1) is 16.1 Å². The van der Waals surface area contributed by atoms with Gasteiger partial charge in [-0.3, -0.25) is 0 Å². The van der Waals surface area contributed by atoms with Crippen LogP contribution in [0.25, 0.3) is 22.4 Å². The van der Waals surface area contributed by atoms with E-state index in [1.807, 2.05) is 30.3 Å². The van der Waals surface area contributed by atoms with Crippen LogP contribution in [0.4, 0.5) is 0 Å². The maximum absolute atomic E-state index is 6.15. The molecule has 0 amide bonds. The summed E-state index contributed by atoms with van der Waals surface area (Å²) in [5.41, 5.74) is 2.77. The molecule has 0 aliphatic rings. The number of benzene rings is 2. The Morgan fingerprint density at radius 2 is 1.82 bits per heavy atom. The molecule has 0 radical (unpaired) electrons. The molecule has 0 atom stereocenters. The molecule has 1 aromatic heterocycles. The van der Waals surface area contributed by atoms with Crippen LogP contribution in [-0.2, 0) is 0 Å². The van der Waals surface area contributed by atoms with E-state index in [0.717, 1.165) is 22.4 Å². The predicted molar refractivity (Wildman–Crippen MR) is 71.5 cm³/mol. The van der Waals surface area contributed by atoms with Crippen molar-refractivity contribution in [3.63, 3.8) is 0 Å². The molecule has 2 nitrogen and oxygen atoms in total. The smallest absolute Gasteiger partial charge is 0.139 e. The van der Waals surface area contributed by atoms with E-state index < -0.39 is 0 Å². The van der Waals surface area contributed by atoms with E-state index in [1.165, 1.54) is 0 Å². The topological polar surface area (TPSA) is 28.7 Å². The Labute approximate surface area is 108 Å². The van der Waals surface area contributed by atoms with Gasteiger partial charge in [-0.15, -0.1) is 0 Å². The number of aromatic nitrogens is 2. The van der Waals surface area contributed by atoms with Crippen molar-refractivity contribution < 1.29 is 0 Å². The van der Waals surface area contributed by atoms with Gasteiger partial charge in [0.1, 0.15) is 5.82 Å². The lowest BCUT2D eigenvalue weighted by atomic mass is 10.2. The highest BCUT2D eigenvalue weighted by molar-refractivity contribution is 6.36. The number of hydrogen-bond donors (Lipinski definition) is 1. The molecule has 3 aromatic rings. The van der Waals surface area contributed by atoms with E-state index in [0.29, 0.717) is 10.0 Å². The summed E-state index contributed by atoms with van der Waals surface area (Å²) in [4.78, 5) is 7.72. The molecule has 0 spiro atoms. The van der Waals surface area contributed by atoms with Gasteiger partial charge in [0, 0.05) is 10.6 Å². The van der Waals surface area contributed by atoms with Crippen LogP contribution in [0.2, 0.25) is 10.0 Å². The minimum absolute atomic E-state index is 0.594. The molecule has 0 bridgehead atoms. The number of halogens is 2. The quantitative estimate of drug-likeness (QED) is 0.686. The lowest BCUT2D eigenvalue weighted by molar-refractivity contribution is 1.34. The Morgan fingerprint density at radius 3 is 2.59 bits per heavy atom. The fraction of sp³-hybridized carbons (Fsp3) is 0. The Hall–Kier alpha value is -1.51. The second-order valence-corrected chi connectivity index (χ2v) is 4.57. The zero-order valence-corrected chi connectivity index (χ0v) is 10.3. The van der Waals surface area contributed by atoms with Crippen molar-refractivity contribution in [2.75, 3.05) is 0 Å². The van der Waals surface area contributed by atoms with Gasteiger partial charge in [-0.05, 0) is 30.3 Å². The Morgan fingerprint density at radius 1 is 1.00 bits per heavy atom. The maximum atomic E-state index is 6.15. The highest BCUT2D eigenvalue weighted by atomic mass is 35.5. The summed E-state index contributed by atoms with van der Waals surface area (Å²) in [5, 5.41) is 1.21. The van der Waals surface area contributed by atoms with Crippen LogP contribution in [0.5, 0.6) is 0 Å². The molecule has 0 saturated heterocycles. The summed E-state index contributed by atoms with van der Waals surface area (Å²) in [7, 11) is 0. The zero-order chi connectivity index (χ0) is 11.8. The first-order valence-electron chi connectivity index (χ1n) is 5.14. The average molecular weight is 263 g/mol. The number of H-pyrrole nitrogens is 1. The van der Waals surface area contributed by atoms with Crippen LogP contribution >= 0.6 is 23.2 Å². The standard InChI is InChI=1S/C13H8Cl2N2/c14-8-5-6-9(10(15)7-8)13-16-11-3-1-2-4-12(11)17-13/h1-7H,(H,16,17). The first kappa shape index (κ1) is 10.6. The van der Waals surface area contributed by atoms with Crippen LogP contribution in [0, 0.1) is 0 Å². The molecule has 17 heavy (non-hydrogen) atoms. The summed E-state index contributed by atoms with van der Waals surface area (Å²) in [6.45, 7) is 0. The monoisotopic (exact) mass is 262 g/mol. The van der Waals surface area contributed by atoms with Crippen LogP contribution in [0.3, 0.4) is 0 Å². The van der Waals surface area contributed by atoms with Gasteiger partial charge >= 0.3 is 0 Å². The SMILES string of the molecule is Clc1ccc(-c2nc3ccccc3[nH]2)c(Cl)c1. The van der Waals surface area contributed by atoms with Gasteiger partial charge in [-0.2, -0.15) is 0 Å². The minimum atomic E-state index is 0.594. The van der Waals surface area contributed by atoms with Gasteiger partial charge in [-0.1, -0.05) is 35.3 Å². The number of imidazole rings is 1. The lowest BCUT2D eigenvalue weighted by Gasteiger charge is -2.00. The second-order valence-electron chi connectivity index (χ2n) is 3.73. The van der Waals surface area contributed by atoms with Crippen LogP contribution < -0.4 is 0 Å². The molecular formula is C13H8Cl2N2. The third kappa shape index (κ3) is 1.90. The largest absolute Gasteiger partial charge is 0.338 e. The van der Waals surface area contributed by atoms with Crippen molar-refractivity contribution in [1.29, 1.82) is 0 Å². The number of fused-ring (bicyclic) bond motifs is 1. The number of aromatic amines is 1. The molecule has 1 N–H and O–H groups in total. The number of nitrogens with zero attached hydrogens (tertiary/aromatic N) is 1. The second kappa shape index (κ2) is 4.06. The van der Waals surface area contributed by atoms with Gasteiger partial charge < -0.3 is 4.98 Å². The average Bonchev–Trinajstić information content (AvgIpc) is 2.72. The van der Waals surface area contributed by atoms with E-state index in [9.17, 15) is 0 Å². The maximum Gasteiger partial charge on any atom is 0.139 e. The van der Waals surface area contributed by atoms with Crippen LogP contribution in [-0.4, -0.2) is 9.97 Å². The van der Waals surface area contributed by atoms with Gasteiger partial charge in [0.2, 0.25) is 0 Å². The molecule has 0 unspecified atom stereocenters. The minimum Gasteiger partial charge on any atom is -0.338 e. The molecule has 0 aliphatic heterocycles. The van der Waals surface area contributed by atoms with Crippen molar-refractivity contribution in [2.45, 2.75) is 0 Å². The fourth-order valence-electron chi connectivity index (χ4n) is 1.76. The first-order valence-corrected chi connectivity index (χ1v) is 5.90. The number of nitrogens with one attached hydrogen (secondary N) is 1. The Bertz CT molecular complexity index is 656. The first-order chi connectivity index (χ1) is 8.24. The highest BCUT2D eigenvalue weighted by Gasteiger charge is 2.08. The Kier molecular flexibility index (Phi) is 2.54. The number of para-hydroxylation sites is 2. The van der Waals surface area contributed by atoms with Crippen LogP contribution in [0.1, 0.15) is 0 Å². The highest BCUT2D eigenvalue weighted by Crippen LogP contribution is 2.29. The normalized spacial score (nSPS) is 10.9. The van der Waals surface area contributed by atoms with E-state index in [-0.39, 0.29) is 0 Å². The summed E-state index contributed by atoms with van der Waals surface area (Å²) < 4.78 is 0. The zero-order valence-electron chi connectivity index (χ0n) is 8.74. The third-order valence-corrected chi connectivity index (χ3v) is 3.12. The molecule has 84 valence electrons. The molecule has 1 heterocycles. The van der Waals surface area contributed by atoms with E-state index in [1.54, 1.807) is 12.1 Å².